The molecule has 14 nitrogen and oxygen atoms in total. The minimum Gasteiger partial charge on any atom is -0.439 e. The summed E-state index contributed by atoms with van der Waals surface area (Å²) in [6, 6.07) is 3.26. The van der Waals surface area contributed by atoms with Gasteiger partial charge in [-0.05, 0) is 12.8 Å². The van der Waals surface area contributed by atoms with Crippen LogP contribution < -0.4 is 27.1 Å². The van der Waals surface area contributed by atoms with Gasteiger partial charge >= 0.3 is 0 Å². The summed E-state index contributed by atoms with van der Waals surface area (Å²) in [6.07, 6.45) is 5.61. The Morgan fingerprint density at radius 1 is 1.19 bits per heavy atom. The lowest BCUT2D eigenvalue weighted by Gasteiger charge is -2.30. The highest BCUT2D eigenvalue weighted by Gasteiger charge is 2.27. The zero-order chi connectivity index (χ0) is 28.8. The van der Waals surface area contributed by atoms with Gasteiger partial charge in [0.05, 0.1) is 30.2 Å². The summed E-state index contributed by atoms with van der Waals surface area (Å²) in [7, 11) is 0. The molecule has 1 aliphatic heterocycles. The molecule has 0 spiro atoms. The molecule has 15 heteroatoms. The van der Waals surface area contributed by atoms with Crippen molar-refractivity contribution in [3.05, 3.63) is 51.0 Å². The largest absolute Gasteiger partial charge is 0.439 e. The normalized spacial score (nSPS) is 19.5. The molecule has 1 saturated heterocycles. The highest BCUT2D eigenvalue weighted by atomic mass is 32.1. The first kappa shape index (κ1) is 26.6. The van der Waals surface area contributed by atoms with E-state index in [1.807, 2.05) is 10.3 Å². The molecule has 1 saturated carbocycles. The summed E-state index contributed by atoms with van der Waals surface area (Å²) in [4.78, 5) is 32.2. The van der Waals surface area contributed by atoms with E-state index in [9.17, 15) is 9.59 Å². The maximum absolute atomic E-state index is 12.9. The molecule has 0 bridgehead atoms. The van der Waals surface area contributed by atoms with E-state index in [2.05, 4.69) is 20.7 Å². The van der Waals surface area contributed by atoms with Crippen molar-refractivity contribution in [1.29, 1.82) is 0 Å². The highest BCUT2D eigenvalue weighted by molar-refractivity contribution is 7.17. The van der Waals surface area contributed by atoms with Gasteiger partial charge in [-0.1, -0.05) is 18.0 Å². The molecule has 0 unspecified atom stereocenters. The fraction of sp³-hybridized carbons (Fsp3) is 0.407. The Morgan fingerprint density at radius 2 is 2.02 bits per heavy atom. The van der Waals surface area contributed by atoms with Crippen LogP contribution in [0.15, 0.2) is 37.6 Å². The van der Waals surface area contributed by atoms with Crippen LogP contribution in [0, 0.1) is 0 Å². The summed E-state index contributed by atoms with van der Waals surface area (Å²) in [6.45, 7) is 2.40. The van der Waals surface area contributed by atoms with Crippen molar-refractivity contribution >= 4 is 45.0 Å². The van der Waals surface area contributed by atoms with Crippen LogP contribution in [0.5, 0.6) is 0 Å². The molecular weight excluding hydrogens is 562 g/mol. The Hall–Kier alpha value is -4.34. The highest BCUT2D eigenvalue weighted by Crippen LogP contribution is 2.35. The number of anilines is 2. The predicted octanol–water partition coefficient (Wildman–Crippen LogP) is 2.16. The van der Waals surface area contributed by atoms with Gasteiger partial charge in [0.2, 0.25) is 11.4 Å². The number of amides is 1. The third-order valence-corrected chi connectivity index (χ3v) is 8.81. The van der Waals surface area contributed by atoms with Crippen molar-refractivity contribution in [3.63, 3.8) is 0 Å². The number of carbonyl (C=O) groups is 1. The van der Waals surface area contributed by atoms with Crippen LogP contribution in [-0.2, 0) is 11.2 Å². The first-order chi connectivity index (χ1) is 20.5. The molecule has 1 aliphatic carbocycles. The smallest absolute Gasteiger partial charge is 0.254 e. The number of nitrogens with zero attached hydrogens (tertiary/aromatic N) is 6. The summed E-state index contributed by atoms with van der Waals surface area (Å²) in [5.41, 5.74) is 14.4. The molecule has 0 radical (unpaired) electrons. The number of morpholine rings is 1. The van der Waals surface area contributed by atoms with Gasteiger partial charge in [-0.25, -0.2) is 4.98 Å². The first-order valence-corrected chi connectivity index (χ1v) is 14.7. The van der Waals surface area contributed by atoms with Crippen LogP contribution in [0.25, 0.3) is 27.3 Å². The zero-order valence-electron chi connectivity index (χ0n) is 22.6. The second-order valence-electron chi connectivity index (χ2n) is 10.6. The monoisotopic (exact) mass is 591 g/mol. The summed E-state index contributed by atoms with van der Waals surface area (Å²) >= 11 is 1.28. The molecule has 2 aliphatic rings. The number of rotatable bonds is 7. The number of thiophene rings is 1. The van der Waals surface area contributed by atoms with Crippen molar-refractivity contribution in [2.24, 2.45) is 11.5 Å². The van der Waals surface area contributed by atoms with Gasteiger partial charge in [0, 0.05) is 49.1 Å². The Morgan fingerprint density at radius 3 is 2.83 bits per heavy atom. The fourth-order valence-corrected chi connectivity index (χ4v) is 6.54. The summed E-state index contributed by atoms with van der Waals surface area (Å²) < 4.78 is 19.4. The molecule has 5 N–H and O–H groups in total. The number of hydrogen-bond donors (Lipinski definition) is 3. The number of nitrogens with two attached hydrogens (primary N) is 2. The Kier molecular flexibility index (Phi) is 6.84. The number of primary amides is 1. The third kappa shape index (κ3) is 4.78. The maximum atomic E-state index is 12.9. The Balaban J connectivity index is 1.23. The Labute approximate surface area is 242 Å². The van der Waals surface area contributed by atoms with Crippen LogP contribution >= 0.6 is 11.3 Å². The van der Waals surface area contributed by atoms with Crippen molar-refractivity contribution in [1.82, 2.24) is 24.7 Å². The van der Waals surface area contributed by atoms with Gasteiger partial charge in [0.1, 0.15) is 16.6 Å². The number of carbonyl (C=O) groups excluding carboxylic acids is 1. The lowest BCUT2D eigenvalue weighted by atomic mass is 9.91. The van der Waals surface area contributed by atoms with Gasteiger partial charge in [-0.3, -0.25) is 14.0 Å². The molecule has 2 fully saturated rings. The number of hydrogen-bond acceptors (Lipinski definition) is 13. The predicted molar refractivity (Wildman–Crippen MR) is 155 cm³/mol. The van der Waals surface area contributed by atoms with E-state index >= 15 is 0 Å². The second kappa shape index (κ2) is 10.8. The van der Waals surface area contributed by atoms with Crippen molar-refractivity contribution in [2.45, 2.75) is 44.2 Å². The molecule has 5 aromatic rings. The topological polar surface area (TPSA) is 193 Å². The van der Waals surface area contributed by atoms with E-state index in [0.717, 1.165) is 25.7 Å². The maximum Gasteiger partial charge on any atom is 0.254 e. The van der Waals surface area contributed by atoms with Gasteiger partial charge in [0.25, 0.3) is 5.91 Å². The summed E-state index contributed by atoms with van der Waals surface area (Å²) in [5, 5.41) is 17.6. The van der Waals surface area contributed by atoms with Crippen LogP contribution in [0.1, 0.15) is 47.4 Å². The van der Waals surface area contributed by atoms with Gasteiger partial charge in [0.15, 0.2) is 22.9 Å². The molecule has 218 valence electrons. The Bertz CT molecular complexity index is 1840. The standard InChI is InChI=1S/C27H29N9O5S/c28-16-3-1-2-4-17(16)31-27-32-18(22(25(29)38)26-33-30-13-36(26)27)9-14-10-20(41-34-14)15-12-42-24-19(37)11-21(40-23(15)24)35-5-7-39-8-6-35/h10-13,16-17H,1-9,28H2,(H2,29,38)(H,31,32)/t16-,17+/m1/s1. The minimum absolute atomic E-state index is 0.0197. The van der Waals surface area contributed by atoms with Crippen molar-refractivity contribution in [2.75, 3.05) is 36.5 Å². The van der Waals surface area contributed by atoms with Crippen LogP contribution in [0.2, 0.25) is 0 Å². The SMILES string of the molecule is NC(=O)c1c(Cc2cc(-c3csc4c(=O)cc(N5CCOCC5)oc34)on2)nc(N[C@H]2CCCC[C@H]2N)n2cnnc12. The van der Waals surface area contributed by atoms with E-state index in [1.165, 1.54) is 23.7 Å². The average Bonchev–Trinajstić information content (AvgIpc) is 3.75. The van der Waals surface area contributed by atoms with E-state index in [-0.39, 0.29) is 29.5 Å². The van der Waals surface area contributed by atoms with Gasteiger partial charge in [-0.2, -0.15) is 0 Å². The number of ether oxygens (including phenoxy) is 1. The lowest BCUT2D eigenvalue weighted by molar-refractivity contribution is 0.1000. The molecule has 1 amide bonds. The number of aromatic nitrogens is 5. The van der Waals surface area contributed by atoms with Crippen molar-refractivity contribution in [3.8, 4) is 11.3 Å². The van der Waals surface area contributed by atoms with Crippen LogP contribution in [0.4, 0.5) is 11.8 Å². The molecule has 0 aromatic carbocycles. The molecule has 2 atom stereocenters. The molecule has 5 aromatic heterocycles. The lowest BCUT2D eigenvalue weighted by Crippen LogP contribution is -2.43. The van der Waals surface area contributed by atoms with E-state index in [4.69, 9.17) is 30.1 Å². The van der Waals surface area contributed by atoms with Crippen molar-refractivity contribution < 1.29 is 18.5 Å². The molecule has 42 heavy (non-hydrogen) atoms. The summed E-state index contributed by atoms with van der Waals surface area (Å²) in [5.74, 6) is 0.711. The molecule has 6 heterocycles. The second-order valence-corrected chi connectivity index (χ2v) is 11.4. The number of nitrogens with one attached hydrogen (secondary N) is 1. The van der Waals surface area contributed by atoms with Gasteiger partial charge < -0.3 is 35.4 Å². The van der Waals surface area contributed by atoms with Crippen LogP contribution in [0.3, 0.4) is 0 Å². The van der Waals surface area contributed by atoms with Crippen LogP contribution in [-0.4, -0.2) is 69.0 Å². The number of fused-ring (bicyclic) bond motifs is 2. The average molecular weight is 592 g/mol. The van der Waals surface area contributed by atoms with E-state index in [1.54, 1.807) is 10.5 Å². The van der Waals surface area contributed by atoms with E-state index in [0.29, 0.717) is 76.8 Å². The minimum atomic E-state index is -0.679. The molecule has 7 rings (SSSR count). The fourth-order valence-electron chi connectivity index (χ4n) is 5.65. The van der Waals surface area contributed by atoms with E-state index < -0.39 is 5.91 Å². The third-order valence-electron chi connectivity index (χ3n) is 7.84. The molecular formula is C27H29N9O5S. The quantitative estimate of drug-likeness (QED) is 0.250. The zero-order valence-corrected chi connectivity index (χ0v) is 23.4. The van der Waals surface area contributed by atoms with Gasteiger partial charge in [-0.15, -0.1) is 21.5 Å². The first-order valence-electron chi connectivity index (χ1n) is 13.8.